The van der Waals surface area contributed by atoms with Gasteiger partial charge in [-0.05, 0) is 48.6 Å². The van der Waals surface area contributed by atoms with Gasteiger partial charge in [-0.25, -0.2) is 13.4 Å². The average molecular weight is 451 g/mol. The summed E-state index contributed by atoms with van der Waals surface area (Å²) in [6.45, 7) is 2.08. The maximum absolute atomic E-state index is 13.3. The van der Waals surface area contributed by atoms with Crippen molar-refractivity contribution in [2.75, 3.05) is 19.6 Å². The first-order valence-electron chi connectivity index (χ1n) is 11.0. The number of benzene rings is 2. The fourth-order valence-electron chi connectivity index (χ4n) is 4.65. The molecule has 0 aliphatic carbocycles. The number of aromatic nitrogens is 2. The van der Waals surface area contributed by atoms with Crippen LogP contribution in [0.5, 0.6) is 0 Å². The number of carbonyl (C=O) groups excluding carboxylic acids is 1. The summed E-state index contributed by atoms with van der Waals surface area (Å²) >= 11 is 0. The number of hydrogen-bond acceptors (Lipinski definition) is 4. The van der Waals surface area contributed by atoms with Gasteiger partial charge in [0.25, 0.3) is 5.91 Å². The third-order valence-corrected chi connectivity index (χ3v) is 8.35. The van der Waals surface area contributed by atoms with Gasteiger partial charge in [0.2, 0.25) is 10.0 Å². The molecule has 0 atom stereocenters. The standard InChI is InChI=1S/C24H26N4O3S/c29-24(26-12-9-22(10-13-26)27-15-11-25-18-27)20-6-3-7-23(16-20)32(30,31)28-14-8-19-4-1-2-5-21(19)17-28/h1-7,11,15-16,18,22H,8-10,12-14,17H2. The molecule has 0 spiro atoms. The Morgan fingerprint density at radius 2 is 1.75 bits per heavy atom. The molecule has 0 N–H and O–H groups in total. The summed E-state index contributed by atoms with van der Waals surface area (Å²) in [5, 5.41) is 0. The summed E-state index contributed by atoms with van der Waals surface area (Å²) in [4.78, 5) is 19.2. The van der Waals surface area contributed by atoms with Crippen LogP contribution in [0.4, 0.5) is 0 Å². The Bertz CT molecular complexity index is 1220. The number of nitrogens with zero attached hydrogens (tertiary/aromatic N) is 4. The minimum absolute atomic E-state index is 0.116. The molecule has 0 saturated carbocycles. The molecule has 166 valence electrons. The fraction of sp³-hybridized carbons (Fsp3) is 0.333. The summed E-state index contributed by atoms with van der Waals surface area (Å²) in [7, 11) is -3.68. The monoisotopic (exact) mass is 450 g/mol. The molecule has 8 heteroatoms. The minimum Gasteiger partial charge on any atom is -0.338 e. The lowest BCUT2D eigenvalue weighted by atomic mass is 10.0. The van der Waals surface area contributed by atoms with Crippen molar-refractivity contribution in [3.05, 3.63) is 83.9 Å². The van der Waals surface area contributed by atoms with Gasteiger partial charge in [-0.3, -0.25) is 4.79 Å². The van der Waals surface area contributed by atoms with E-state index in [1.807, 2.05) is 35.6 Å². The van der Waals surface area contributed by atoms with E-state index in [9.17, 15) is 13.2 Å². The Morgan fingerprint density at radius 3 is 2.50 bits per heavy atom. The van der Waals surface area contributed by atoms with Gasteiger partial charge in [0, 0.05) is 50.2 Å². The molecule has 0 bridgehead atoms. The molecule has 3 aromatic rings. The van der Waals surface area contributed by atoms with Gasteiger partial charge in [-0.2, -0.15) is 4.31 Å². The van der Waals surface area contributed by atoms with E-state index >= 15 is 0 Å². The molecule has 2 aliphatic heterocycles. The van der Waals surface area contributed by atoms with Crippen molar-refractivity contribution in [3.63, 3.8) is 0 Å². The van der Waals surface area contributed by atoms with Crippen LogP contribution < -0.4 is 0 Å². The quantitative estimate of drug-likeness (QED) is 0.612. The van der Waals surface area contributed by atoms with Crippen molar-refractivity contribution in [3.8, 4) is 0 Å². The van der Waals surface area contributed by atoms with Crippen molar-refractivity contribution >= 4 is 15.9 Å². The highest BCUT2D eigenvalue weighted by atomic mass is 32.2. The first-order chi connectivity index (χ1) is 15.5. The van der Waals surface area contributed by atoms with Gasteiger partial charge in [0.15, 0.2) is 0 Å². The molecule has 1 aromatic heterocycles. The molecular formula is C24H26N4O3S. The number of piperidine rings is 1. The zero-order valence-electron chi connectivity index (χ0n) is 17.8. The molecule has 2 aliphatic rings. The highest BCUT2D eigenvalue weighted by Crippen LogP contribution is 2.27. The zero-order chi connectivity index (χ0) is 22.1. The van der Waals surface area contributed by atoms with Gasteiger partial charge < -0.3 is 9.47 Å². The van der Waals surface area contributed by atoms with Gasteiger partial charge in [0.1, 0.15) is 0 Å². The number of imidazole rings is 1. The predicted octanol–water partition coefficient (Wildman–Crippen LogP) is 3.11. The predicted molar refractivity (Wildman–Crippen MR) is 121 cm³/mol. The molecule has 5 rings (SSSR count). The van der Waals surface area contributed by atoms with E-state index in [0.29, 0.717) is 44.2 Å². The molecule has 1 fully saturated rings. The largest absolute Gasteiger partial charge is 0.338 e. The van der Waals surface area contributed by atoms with Crippen LogP contribution in [-0.2, 0) is 23.0 Å². The van der Waals surface area contributed by atoms with E-state index in [2.05, 4.69) is 15.6 Å². The first-order valence-corrected chi connectivity index (χ1v) is 12.4. The van der Waals surface area contributed by atoms with Crippen LogP contribution >= 0.6 is 0 Å². The average Bonchev–Trinajstić information content (AvgIpc) is 3.38. The second-order valence-electron chi connectivity index (χ2n) is 8.42. The first kappa shape index (κ1) is 20.9. The molecule has 0 radical (unpaired) electrons. The van der Waals surface area contributed by atoms with E-state index in [4.69, 9.17) is 0 Å². The van der Waals surface area contributed by atoms with Crippen molar-refractivity contribution in [1.29, 1.82) is 0 Å². The maximum Gasteiger partial charge on any atom is 0.253 e. The molecule has 3 heterocycles. The summed E-state index contributed by atoms with van der Waals surface area (Å²) in [6, 6.07) is 14.8. The number of hydrogen-bond donors (Lipinski definition) is 0. The Hall–Kier alpha value is -2.97. The molecular weight excluding hydrogens is 424 g/mol. The zero-order valence-corrected chi connectivity index (χ0v) is 18.6. The van der Waals surface area contributed by atoms with E-state index < -0.39 is 10.0 Å². The maximum atomic E-state index is 13.3. The smallest absolute Gasteiger partial charge is 0.253 e. The molecule has 32 heavy (non-hydrogen) atoms. The summed E-state index contributed by atoms with van der Waals surface area (Å²) < 4.78 is 30.2. The Labute approximate surface area is 188 Å². The molecule has 2 aromatic carbocycles. The molecule has 1 amide bonds. The second-order valence-corrected chi connectivity index (χ2v) is 10.4. The Morgan fingerprint density at radius 1 is 0.969 bits per heavy atom. The third-order valence-electron chi connectivity index (χ3n) is 6.51. The van der Waals surface area contributed by atoms with E-state index in [0.717, 1.165) is 18.4 Å². The van der Waals surface area contributed by atoms with E-state index in [-0.39, 0.29) is 10.8 Å². The SMILES string of the molecule is O=C(c1cccc(S(=O)(=O)N2CCc3ccccc3C2)c1)N1CCC(n2ccnc2)CC1. The van der Waals surface area contributed by atoms with Crippen LogP contribution in [0.25, 0.3) is 0 Å². The van der Waals surface area contributed by atoms with Crippen LogP contribution in [0.15, 0.2) is 72.1 Å². The number of amides is 1. The van der Waals surface area contributed by atoms with Crippen molar-refractivity contribution < 1.29 is 13.2 Å². The van der Waals surface area contributed by atoms with Crippen molar-refractivity contribution in [1.82, 2.24) is 18.8 Å². The Balaban J connectivity index is 1.31. The van der Waals surface area contributed by atoms with Crippen LogP contribution in [0.1, 0.15) is 40.4 Å². The topological polar surface area (TPSA) is 75.5 Å². The summed E-state index contributed by atoms with van der Waals surface area (Å²) in [5.74, 6) is -0.116. The lowest BCUT2D eigenvalue weighted by Crippen LogP contribution is -2.39. The van der Waals surface area contributed by atoms with Gasteiger partial charge in [-0.15, -0.1) is 0 Å². The lowest BCUT2D eigenvalue weighted by Gasteiger charge is -2.32. The lowest BCUT2D eigenvalue weighted by molar-refractivity contribution is 0.0694. The van der Waals surface area contributed by atoms with E-state index in [1.165, 1.54) is 15.9 Å². The van der Waals surface area contributed by atoms with Crippen molar-refractivity contribution in [2.24, 2.45) is 0 Å². The van der Waals surface area contributed by atoms with Crippen molar-refractivity contribution in [2.45, 2.75) is 36.7 Å². The van der Waals surface area contributed by atoms with Crippen LogP contribution in [-0.4, -0.2) is 52.7 Å². The number of carbonyl (C=O) groups is 1. The number of sulfonamides is 1. The third kappa shape index (κ3) is 3.96. The van der Waals surface area contributed by atoms with Gasteiger partial charge >= 0.3 is 0 Å². The van der Waals surface area contributed by atoms with Crippen LogP contribution in [0.3, 0.4) is 0 Å². The summed E-state index contributed by atoms with van der Waals surface area (Å²) in [5.41, 5.74) is 2.65. The highest BCUT2D eigenvalue weighted by molar-refractivity contribution is 7.89. The number of rotatable bonds is 4. The minimum atomic E-state index is -3.68. The summed E-state index contributed by atoms with van der Waals surface area (Å²) in [6.07, 6.45) is 7.94. The Kier molecular flexibility index (Phi) is 5.57. The molecule has 0 unspecified atom stereocenters. The second kappa shape index (κ2) is 8.52. The fourth-order valence-corrected chi connectivity index (χ4v) is 6.11. The number of fused-ring (bicyclic) bond motifs is 1. The van der Waals surface area contributed by atoms with Gasteiger partial charge in [-0.1, -0.05) is 30.3 Å². The van der Waals surface area contributed by atoms with Gasteiger partial charge in [0.05, 0.1) is 11.2 Å². The van der Waals surface area contributed by atoms with E-state index in [1.54, 1.807) is 24.4 Å². The van der Waals surface area contributed by atoms with Crippen LogP contribution in [0, 0.1) is 0 Å². The number of likely N-dealkylation sites (tertiary alicyclic amines) is 1. The highest BCUT2D eigenvalue weighted by Gasteiger charge is 2.30. The molecule has 1 saturated heterocycles. The van der Waals surface area contributed by atoms with Crippen LogP contribution in [0.2, 0.25) is 0 Å². The normalized spacial score (nSPS) is 17.8. The molecule has 7 nitrogen and oxygen atoms in total.